The molecule has 120 valence electrons. The van der Waals surface area contributed by atoms with Crippen molar-refractivity contribution in [2.45, 2.75) is 58.9 Å². The summed E-state index contributed by atoms with van der Waals surface area (Å²) in [4.78, 5) is 0. The molecule has 0 rings (SSSR count). The highest BCUT2D eigenvalue weighted by atomic mass is 28.4. The van der Waals surface area contributed by atoms with Crippen LogP contribution in [0, 0.1) is 0 Å². The van der Waals surface area contributed by atoms with Crippen LogP contribution in [0.15, 0.2) is 24.6 Å². The number of rotatable bonds is 6. The molecule has 0 bridgehead atoms. The van der Waals surface area contributed by atoms with Crippen molar-refractivity contribution in [2.75, 3.05) is 7.05 Å². The maximum atomic E-state index is 3.88. The molecule has 0 fully saturated rings. The van der Waals surface area contributed by atoms with Crippen molar-refractivity contribution in [3.63, 3.8) is 0 Å². The summed E-state index contributed by atoms with van der Waals surface area (Å²) in [5, 5.41) is 0. The van der Waals surface area contributed by atoms with Crippen LogP contribution in [-0.4, -0.2) is 44.9 Å². The lowest BCUT2D eigenvalue weighted by Crippen LogP contribution is -2.55. The maximum Gasteiger partial charge on any atom is 0.139 e. The zero-order valence-corrected chi connectivity index (χ0v) is 19.7. The Kier molecular flexibility index (Phi) is 9.75. The molecule has 20 heavy (non-hydrogen) atoms. The minimum atomic E-state index is -1.28. The molecule has 0 radical (unpaired) electrons. The first-order valence-electron chi connectivity index (χ1n) is 7.44. The minimum Gasteiger partial charge on any atom is -0.360 e. The van der Waals surface area contributed by atoms with Crippen LogP contribution in [0.4, 0.5) is 0 Å². The third-order valence-electron chi connectivity index (χ3n) is 3.11. The van der Waals surface area contributed by atoms with E-state index in [4.69, 9.17) is 0 Å². The van der Waals surface area contributed by atoms with Gasteiger partial charge in [-0.2, -0.15) is 0 Å². The molecule has 0 aliphatic carbocycles. The molecule has 0 aliphatic rings. The monoisotopic (exact) mass is 346 g/mol. The second-order valence-electron chi connectivity index (χ2n) is 8.07. The molecule has 0 amide bonds. The fourth-order valence-corrected chi connectivity index (χ4v) is 16.4. The van der Waals surface area contributed by atoms with Crippen molar-refractivity contribution in [3.8, 4) is 0 Å². The molecule has 0 aromatic rings. The van der Waals surface area contributed by atoms with E-state index in [1.807, 2.05) is 0 Å². The summed E-state index contributed by atoms with van der Waals surface area (Å²) in [5.41, 5.74) is 4.23. The highest BCUT2D eigenvalue weighted by molar-refractivity contribution is 6.90. The molecule has 0 saturated heterocycles. The SMILES string of the molecule is C=C[SiH](C)N(C)[Si](C)(C)C=C.C[Si](C)(C)N[Si](C)(C)C. The molecule has 0 heterocycles. The van der Waals surface area contributed by atoms with Gasteiger partial charge in [0.15, 0.2) is 0 Å². The van der Waals surface area contributed by atoms with E-state index >= 15 is 0 Å². The van der Waals surface area contributed by atoms with E-state index in [1.54, 1.807) is 0 Å². The van der Waals surface area contributed by atoms with Gasteiger partial charge < -0.3 is 8.88 Å². The van der Waals surface area contributed by atoms with E-state index in [0.29, 0.717) is 0 Å². The van der Waals surface area contributed by atoms with Gasteiger partial charge in [0.2, 0.25) is 0 Å². The first-order valence-corrected chi connectivity index (χ1v) is 19.8. The Balaban J connectivity index is 0. The van der Waals surface area contributed by atoms with Gasteiger partial charge in [0.05, 0.1) is 0 Å². The van der Waals surface area contributed by atoms with Gasteiger partial charge in [0.1, 0.15) is 33.7 Å². The molecule has 1 atom stereocenters. The predicted molar refractivity (Wildman–Crippen MR) is 108 cm³/mol. The Hall–Kier alpha value is 0.268. The molecule has 6 heteroatoms. The van der Waals surface area contributed by atoms with Crippen molar-refractivity contribution in [2.24, 2.45) is 0 Å². The first-order chi connectivity index (χ1) is 8.66. The van der Waals surface area contributed by atoms with Crippen molar-refractivity contribution in [1.82, 2.24) is 8.88 Å². The number of nitrogens with one attached hydrogen (secondary N) is 1. The van der Waals surface area contributed by atoms with Crippen LogP contribution in [0.1, 0.15) is 0 Å². The largest absolute Gasteiger partial charge is 0.360 e. The summed E-state index contributed by atoms with van der Waals surface area (Å²) < 4.78 is 6.24. The average Bonchev–Trinajstić information content (AvgIpc) is 2.22. The van der Waals surface area contributed by atoms with Crippen LogP contribution in [0.2, 0.25) is 58.9 Å². The summed E-state index contributed by atoms with van der Waals surface area (Å²) in [6.07, 6.45) is 0. The predicted octanol–water partition coefficient (Wildman–Crippen LogP) is 4.17. The average molecular weight is 347 g/mol. The van der Waals surface area contributed by atoms with E-state index in [1.165, 1.54) is 0 Å². The van der Waals surface area contributed by atoms with Crippen LogP contribution in [0.5, 0.6) is 0 Å². The lowest BCUT2D eigenvalue weighted by Gasteiger charge is -2.33. The highest BCUT2D eigenvalue weighted by Gasteiger charge is 2.25. The third-order valence-corrected chi connectivity index (χ3v) is 17.1. The summed E-state index contributed by atoms with van der Waals surface area (Å²) >= 11 is 0. The van der Waals surface area contributed by atoms with E-state index in [2.05, 4.69) is 99.4 Å². The molecule has 1 N–H and O–H groups in total. The summed E-state index contributed by atoms with van der Waals surface area (Å²) in [5.74, 6) is 0. The first kappa shape index (κ1) is 22.5. The number of nitrogens with zero attached hydrogens (tertiary/aromatic N) is 1. The summed E-state index contributed by atoms with van der Waals surface area (Å²) in [6.45, 7) is 28.8. The maximum absolute atomic E-state index is 3.88. The van der Waals surface area contributed by atoms with E-state index in [9.17, 15) is 0 Å². The zero-order chi connectivity index (χ0) is 16.8. The molecule has 1 unspecified atom stereocenters. The fraction of sp³-hybridized carbons (Fsp3) is 0.714. The lowest BCUT2D eigenvalue weighted by atomic mass is 11.3. The topological polar surface area (TPSA) is 15.3 Å². The smallest absolute Gasteiger partial charge is 0.139 e. The Morgan fingerprint density at radius 2 is 1.25 bits per heavy atom. The standard InChI is InChI=1S/C8H19NSi2.C6H19NSi2/c1-7-10(4)9(3)11(5,6)8-2;1-8(2,3)7-9(4,5)6/h7-8,10H,1-2H2,3-6H3;7H,1-6H3. The molecule has 0 spiro atoms. The van der Waals surface area contributed by atoms with Crippen molar-refractivity contribution < 1.29 is 0 Å². The van der Waals surface area contributed by atoms with E-state index < -0.39 is 33.7 Å². The zero-order valence-electron chi connectivity index (χ0n) is 15.6. The van der Waals surface area contributed by atoms with Crippen molar-refractivity contribution in [1.29, 1.82) is 0 Å². The quantitative estimate of drug-likeness (QED) is 0.726. The second-order valence-corrected chi connectivity index (χ2v) is 25.7. The van der Waals surface area contributed by atoms with Gasteiger partial charge in [0, 0.05) is 0 Å². The molecule has 0 aromatic carbocycles. The van der Waals surface area contributed by atoms with Gasteiger partial charge in [-0.1, -0.05) is 70.3 Å². The van der Waals surface area contributed by atoms with Crippen LogP contribution in [-0.2, 0) is 0 Å². The van der Waals surface area contributed by atoms with Gasteiger partial charge in [-0.3, -0.25) is 0 Å². The molecule has 0 aliphatic heterocycles. The van der Waals surface area contributed by atoms with E-state index in [0.717, 1.165) is 0 Å². The van der Waals surface area contributed by atoms with Crippen molar-refractivity contribution in [3.05, 3.63) is 24.6 Å². The molecule has 2 nitrogen and oxygen atoms in total. The van der Waals surface area contributed by atoms with Gasteiger partial charge >= 0.3 is 0 Å². The normalized spacial score (nSPS) is 14.3. The Bertz CT molecular complexity index is 291. The van der Waals surface area contributed by atoms with Gasteiger partial charge in [0.25, 0.3) is 0 Å². The number of hydrogen-bond donors (Lipinski definition) is 1. The molecular weight excluding hydrogens is 309 g/mol. The Morgan fingerprint density at radius 3 is 1.40 bits per heavy atom. The third kappa shape index (κ3) is 12.0. The van der Waals surface area contributed by atoms with Gasteiger partial charge in [-0.05, 0) is 7.05 Å². The highest BCUT2D eigenvalue weighted by Crippen LogP contribution is 2.10. The Labute approximate surface area is 133 Å². The van der Waals surface area contributed by atoms with Crippen LogP contribution in [0.3, 0.4) is 0 Å². The van der Waals surface area contributed by atoms with Gasteiger partial charge in [-0.25, -0.2) is 0 Å². The molecular formula is C14H38N2Si4. The van der Waals surface area contributed by atoms with Crippen LogP contribution < -0.4 is 4.65 Å². The summed E-state index contributed by atoms with van der Waals surface area (Å²) in [6, 6.07) is 0. The Morgan fingerprint density at radius 1 is 0.900 bits per heavy atom. The fourth-order valence-electron chi connectivity index (χ4n) is 1.95. The summed E-state index contributed by atoms with van der Waals surface area (Å²) in [7, 11) is -1.87. The van der Waals surface area contributed by atoms with Gasteiger partial charge in [-0.15, -0.1) is 13.2 Å². The lowest BCUT2D eigenvalue weighted by molar-refractivity contribution is 0.796. The molecule has 0 aromatic heterocycles. The van der Waals surface area contributed by atoms with Crippen molar-refractivity contribution >= 4 is 33.7 Å². The second kappa shape index (κ2) is 8.65. The van der Waals surface area contributed by atoms with E-state index in [-0.39, 0.29) is 0 Å². The van der Waals surface area contributed by atoms with Crippen LogP contribution >= 0.6 is 0 Å². The van der Waals surface area contributed by atoms with Crippen LogP contribution in [0.25, 0.3) is 0 Å². The molecule has 0 saturated carbocycles. The minimum absolute atomic E-state index is 0.830. The number of hydrogen-bond acceptors (Lipinski definition) is 2.